The normalized spacial score (nSPS) is 13.4. The van der Waals surface area contributed by atoms with Crippen molar-refractivity contribution in [2.24, 2.45) is 0 Å². The van der Waals surface area contributed by atoms with Crippen molar-refractivity contribution >= 4 is 29.1 Å². The number of carbonyl (C=O) groups excluding carboxylic acids is 3. The van der Waals surface area contributed by atoms with E-state index in [1.165, 1.54) is 13.2 Å². The summed E-state index contributed by atoms with van der Waals surface area (Å²) in [6, 6.07) is 13.6. The first-order valence-electron chi connectivity index (χ1n) is 8.53. The Bertz CT molecular complexity index is 940. The first-order chi connectivity index (χ1) is 13.5. The number of nitrogens with one attached hydrogen (secondary N) is 2. The zero-order valence-corrected chi connectivity index (χ0v) is 15.1. The monoisotopic (exact) mass is 381 g/mol. The minimum atomic E-state index is -0.523. The number of amides is 3. The van der Waals surface area contributed by atoms with Gasteiger partial charge in [-0.1, -0.05) is 18.2 Å². The summed E-state index contributed by atoms with van der Waals surface area (Å²) in [4.78, 5) is 37.5. The summed E-state index contributed by atoms with van der Waals surface area (Å²) in [6.45, 7) is -0.378. The summed E-state index contributed by atoms with van der Waals surface area (Å²) in [7, 11) is 1.48. The van der Waals surface area contributed by atoms with Gasteiger partial charge < -0.3 is 20.5 Å². The standard InChI is InChI=1S/C20H19N3O5/c1-28-17-8-7-14(21-16-12-18(25)23(9-10-24)20(16)27)11-15(17)22-19(26)13-5-3-2-4-6-13/h2-8,11-12,21,24H,9-10H2,1H3,(H,22,26). The number of carbonyl (C=O) groups is 3. The molecule has 8 heteroatoms. The molecule has 3 rings (SSSR count). The summed E-state index contributed by atoms with van der Waals surface area (Å²) in [5.41, 5.74) is 1.47. The molecule has 0 unspecified atom stereocenters. The second kappa shape index (κ2) is 8.36. The lowest BCUT2D eigenvalue weighted by molar-refractivity contribution is -0.137. The lowest BCUT2D eigenvalue weighted by atomic mass is 10.2. The Balaban J connectivity index is 1.80. The summed E-state index contributed by atoms with van der Waals surface area (Å²) < 4.78 is 5.28. The van der Waals surface area contributed by atoms with Crippen molar-refractivity contribution in [3.05, 3.63) is 65.9 Å². The number of imide groups is 1. The van der Waals surface area contributed by atoms with Crippen molar-refractivity contribution in [3.8, 4) is 5.75 Å². The number of rotatable bonds is 7. The first kappa shape index (κ1) is 19.1. The van der Waals surface area contributed by atoms with E-state index in [1.54, 1.807) is 42.5 Å². The molecule has 1 aliphatic heterocycles. The van der Waals surface area contributed by atoms with Crippen molar-refractivity contribution < 1.29 is 24.2 Å². The molecule has 0 spiro atoms. The lowest BCUT2D eigenvalue weighted by Gasteiger charge is -2.15. The van der Waals surface area contributed by atoms with E-state index >= 15 is 0 Å². The fraction of sp³-hybridized carbons (Fsp3) is 0.150. The molecule has 0 radical (unpaired) electrons. The second-order valence-corrected chi connectivity index (χ2v) is 5.94. The van der Waals surface area contributed by atoms with E-state index in [-0.39, 0.29) is 24.8 Å². The molecule has 3 amide bonds. The van der Waals surface area contributed by atoms with Gasteiger partial charge in [0.25, 0.3) is 17.7 Å². The van der Waals surface area contributed by atoms with Gasteiger partial charge in [-0.05, 0) is 30.3 Å². The molecule has 0 aromatic heterocycles. The van der Waals surface area contributed by atoms with Gasteiger partial charge in [0.15, 0.2) is 0 Å². The topological polar surface area (TPSA) is 108 Å². The Morgan fingerprint density at radius 3 is 2.57 bits per heavy atom. The third-order valence-corrected chi connectivity index (χ3v) is 4.10. The number of aliphatic hydroxyl groups is 1. The molecule has 2 aromatic rings. The maximum Gasteiger partial charge on any atom is 0.277 e. The van der Waals surface area contributed by atoms with Gasteiger partial charge in [-0.15, -0.1) is 0 Å². The van der Waals surface area contributed by atoms with Crippen LogP contribution in [-0.2, 0) is 9.59 Å². The Hall–Kier alpha value is -3.65. The number of benzene rings is 2. The van der Waals surface area contributed by atoms with E-state index in [4.69, 9.17) is 9.84 Å². The van der Waals surface area contributed by atoms with Crippen LogP contribution in [-0.4, -0.2) is 48.0 Å². The SMILES string of the molecule is COc1ccc(NC2=CC(=O)N(CCO)C2=O)cc1NC(=O)c1ccccc1. The molecule has 0 atom stereocenters. The molecule has 144 valence electrons. The van der Waals surface area contributed by atoms with E-state index in [9.17, 15) is 14.4 Å². The molecule has 0 bridgehead atoms. The number of methoxy groups -OCH3 is 1. The van der Waals surface area contributed by atoms with Gasteiger partial charge in [-0.25, -0.2) is 0 Å². The number of ether oxygens (including phenoxy) is 1. The number of β-amino-alcohol motifs (C(OH)–C–C–N with tert-alkyl or cyclic N) is 1. The van der Waals surface area contributed by atoms with Gasteiger partial charge in [-0.2, -0.15) is 0 Å². The van der Waals surface area contributed by atoms with E-state index in [0.717, 1.165) is 4.90 Å². The average molecular weight is 381 g/mol. The van der Waals surface area contributed by atoms with E-state index in [0.29, 0.717) is 22.7 Å². The van der Waals surface area contributed by atoms with Crippen LogP contribution in [0.4, 0.5) is 11.4 Å². The first-order valence-corrected chi connectivity index (χ1v) is 8.53. The van der Waals surface area contributed by atoms with Gasteiger partial charge in [0, 0.05) is 17.3 Å². The molecule has 1 heterocycles. The molecule has 0 saturated heterocycles. The second-order valence-electron chi connectivity index (χ2n) is 5.94. The maximum absolute atomic E-state index is 12.4. The number of hydrogen-bond acceptors (Lipinski definition) is 6. The molecular formula is C20H19N3O5. The minimum Gasteiger partial charge on any atom is -0.495 e. The maximum atomic E-state index is 12.4. The molecule has 0 saturated carbocycles. The zero-order chi connectivity index (χ0) is 20.1. The average Bonchev–Trinajstić information content (AvgIpc) is 2.96. The van der Waals surface area contributed by atoms with Crippen LogP contribution in [0.5, 0.6) is 5.75 Å². The predicted octanol–water partition coefficient (Wildman–Crippen LogP) is 1.60. The molecule has 1 aliphatic rings. The highest BCUT2D eigenvalue weighted by Crippen LogP contribution is 2.29. The fourth-order valence-corrected chi connectivity index (χ4v) is 2.73. The summed E-state index contributed by atoms with van der Waals surface area (Å²) in [5, 5.41) is 14.6. The van der Waals surface area contributed by atoms with E-state index in [1.807, 2.05) is 6.07 Å². The Morgan fingerprint density at radius 1 is 1.14 bits per heavy atom. The van der Waals surface area contributed by atoms with Crippen LogP contribution in [0.1, 0.15) is 10.4 Å². The Morgan fingerprint density at radius 2 is 1.89 bits per heavy atom. The van der Waals surface area contributed by atoms with Crippen molar-refractivity contribution in [2.75, 3.05) is 30.9 Å². The van der Waals surface area contributed by atoms with Gasteiger partial charge in [-0.3, -0.25) is 19.3 Å². The zero-order valence-electron chi connectivity index (χ0n) is 15.1. The summed E-state index contributed by atoms with van der Waals surface area (Å²) >= 11 is 0. The van der Waals surface area contributed by atoms with E-state index in [2.05, 4.69) is 10.6 Å². The highest BCUT2D eigenvalue weighted by atomic mass is 16.5. The number of anilines is 2. The van der Waals surface area contributed by atoms with Gasteiger partial charge >= 0.3 is 0 Å². The largest absolute Gasteiger partial charge is 0.495 e. The van der Waals surface area contributed by atoms with Crippen LogP contribution in [0.2, 0.25) is 0 Å². The quantitative estimate of drug-likeness (QED) is 0.629. The molecule has 28 heavy (non-hydrogen) atoms. The van der Waals surface area contributed by atoms with Gasteiger partial charge in [0.05, 0.1) is 25.9 Å². The predicted molar refractivity (Wildman–Crippen MR) is 103 cm³/mol. The Kier molecular flexibility index (Phi) is 5.71. The molecule has 0 aliphatic carbocycles. The van der Waals surface area contributed by atoms with Crippen LogP contribution in [0.25, 0.3) is 0 Å². The lowest BCUT2D eigenvalue weighted by Crippen LogP contribution is -2.34. The fourth-order valence-electron chi connectivity index (χ4n) is 2.73. The molecular weight excluding hydrogens is 362 g/mol. The number of nitrogens with zero attached hydrogens (tertiary/aromatic N) is 1. The smallest absolute Gasteiger partial charge is 0.277 e. The highest BCUT2D eigenvalue weighted by Gasteiger charge is 2.30. The van der Waals surface area contributed by atoms with Crippen LogP contribution in [0.15, 0.2) is 60.3 Å². The number of aliphatic hydroxyl groups excluding tert-OH is 1. The van der Waals surface area contributed by atoms with Crippen molar-refractivity contribution in [1.29, 1.82) is 0 Å². The molecule has 2 aromatic carbocycles. The molecule has 8 nitrogen and oxygen atoms in total. The summed E-state index contributed by atoms with van der Waals surface area (Å²) in [5.74, 6) is -0.881. The van der Waals surface area contributed by atoms with Gasteiger partial charge in [0.1, 0.15) is 11.4 Å². The molecule has 0 fully saturated rings. The van der Waals surface area contributed by atoms with Crippen molar-refractivity contribution in [3.63, 3.8) is 0 Å². The van der Waals surface area contributed by atoms with E-state index < -0.39 is 11.8 Å². The Labute approximate surface area is 161 Å². The van der Waals surface area contributed by atoms with Crippen LogP contribution < -0.4 is 15.4 Å². The number of hydrogen-bond donors (Lipinski definition) is 3. The summed E-state index contributed by atoms with van der Waals surface area (Å²) in [6.07, 6.45) is 1.17. The highest BCUT2D eigenvalue weighted by molar-refractivity contribution is 6.17. The van der Waals surface area contributed by atoms with Gasteiger partial charge in [0.2, 0.25) is 0 Å². The van der Waals surface area contributed by atoms with Crippen molar-refractivity contribution in [2.45, 2.75) is 0 Å². The third kappa shape index (κ3) is 4.02. The van der Waals surface area contributed by atoms with Crippen LogP contribution in [0.3, 0.4) is 0 Å². The van der Waals surface area contributed by atoms with Crippen molar-refractivity contribution in [1.82, 2.24) is 4.90 Å². The van der Waals surface area contributed by atoms with Crippen LogP contribution >= 0.6 is 0 Å². The third-order valence-electron chi connectivity index (χ3n) is 4.10. The minimum absolute atomic E-state index is 0.0691. The molecule has 3 N–H and O–H groups in total. The van der Waals surface area contributed by atoms with Crippen LogP contribution in [0, 0.1) is 0 Å².